The summed E-state index contributed by atoms with van der Waals surface area (Å²) in [6.07, 6.45) is 3.78. The van der Waals surface area contributed by atoms with Gasteiger partial charge in [0.2, 0.25) is 11.8 Å². The van der Waals surface area contributed by atoms with Gasteiger partial charge in [0, 0.05) is 30.8 Å². The number of nitrogens with zero attached hydrogens (tertiary/aromatic N) is 1. The average Bonchev–Trinajstić information content (AvgIpc) is 3.03. The molecule has 0 spiro atoms. The molecule has 1 saturated heterocycles. The Hall–Kier alpha value is -2.62. The number of benzene rings is 2. The average molecular weight is 322 g/mol. The van der Waals surface area contributed by atoms with Crippen molar-refractivity contribution in [3.63, 3.8) is 0 Å². The van der Waals surface area contributed by atoms with Crippen LogP contribution in [-0.4, -0.2) is 18.4 Å². The van der Waals surface area contributed by atoms with Crippen LogP contribution in [0, 0.1) is 0 Å². The summed E-state index contributed by atoms with van der Waals surface area (Å²) in [5.41, 5.74) is 2.93. The van der Waals surface area contributed by atoms with E-state index in [-0.39, 0.29) is 11.8 Å². The van der Waals surface area contributed by atoms with E-state index in [1.165, 1.54) is 5.56 Å². The minimum atomic E-state index is 0.0240. The number of carbonyl (C=O) groups is 2. The first-order valence-electron chi connectivity index (χ1n) is 8.46. The standard InChI is InChI=1S/C20H22N2O2/c23-19(9-4-8-16-6-2-1-3-7-16)21-17-11-13-18(14-12-17)22-15-5-10-20(22)24/h1-3,6-7,11-14H,4-5,8-10,15H2,(H,21,23). The van der Waals surface area contributed by atoms with Crippen LogP contribution in [0.3, 0.4) is 0 Å². The topological polar surface area (TPSA) is 49.4 Å². The monoisotopic (exact) mass is 322 g/mol. The predicted octanol–water partition coefficient (Wildman–Crippen LogP) is 3.77. The maximum absolute atomic E-state index is 12.0. The SMILES string of the molecule is O=C(CCCc1ccccc1)Nc1ccc(N2CCCC2=O)cc1. The Labute approximate surface area is 142 Å². The van der Waals surface area contributed by atoms with Crippen LogP contribution in [0.1, 0.15) is 31.2 Å². The van der Waals surface area contributed by atoms with Crippen LogP contribution >= 0.6 is 0 Å². The quantitative estimate of drug-likeness (QED) is 0.880. The summed E-state index contributed by atoms with van der Waals surface area (Å²) in [6, 6.07) is 17.7. The first-order valence-corrected chi connectivity index (χ1v) is 8.46. The van der Waals surface area contributed by atoms with Gasteiger partial charge in [-0.2, -0.15) is 0 Å². The van der Waals surface area contributed by atoms with Crippen LogP contribution in [0.15, 0.2) is 54.6 Å². The molecule has 1 heterocycles. The maximum atomic E-state index is 12.0. The number of amides is 2. The summed E-state index contributed by atoms with van der Waals surface area (Å²) in [4.78, 5) is 25.5. The van der Waals surface area contributed by atoms with Crippen LogP contribution in [0.2, 0.25) is 0 Å². The molecule has 2 aromatic rings. The molecule has 1 fully saturated rings. The third kappa shape index (κ3) is 4.22. The second kappa shape index (κ2) is 7.77. The lowest BCUT2D eigenvalue weighted by Crippen LogP contribution is -2.23. The summed E-state index contributed by atoms with van der Waals surface area (Å²) >= 11 is 0. The number of aryl methyl sites for hydroxylation is 1. The summed E-state index contributed by atoms with van der Waals surface area (Å²) in [6.45, 7) is 0.782. The molecule has 4 nitrogen and oxygen atoms in total. The number of anilines is 2. The van der Waals surface area contributed by atoms with Crippen molar-refractivity contribution >= 4 is 23.2 Å². The molecule has 124 valence electrons. The van der Waals surface area contributed by atoms with E-state index in [1.54, 1.807) is 4.90 Å². The second-order valence-electron chi connectivity index (χ2n) is 6.08. The summed E-state index contributed by atoms with van der Waals surface area (Å²) < 4.78 is 0. The minimum Gasteiger partial charge on any atom is -0.326 e. The van der Waals surface area contributed by atoms with Gasteiger partial charge in [-0.15, -0.1) is 0 Å². The molecule has 1 aliphatic heterocycles. The Balaban J connectivity index is 1.47. The molecule has 24 heavy (non-hydrogen) atoms. The van der Waals surface area contributed by atoms with Gasteiger partial charge in [-0.1, -0.05) is 30.3 Å². The fourth-order valence-electron chi connectivity index (χ4n) is 2.97. The van der Waals surface area contributed by atoms with Crippen molar-refractivity contribution in [2.45, 2.75) is 32.1 Å². The molecular weight excluding hydrogens is 300 g/mol. The number of hydrogen-bond donors (Lipinski definition) is 1. The zero-order chi connectivity index (χ0) is 16.8. The van der Waals surface area contributed by atoms with E-state index in [2.05, 4.69) is 17.4 Å². The Morgan fingerprint density at radius 2 is 1.79 bits per heavy atom. The van der Waals surface area contributed by atoms with Crippen molar-refractivity contribution in [2.75, 3.05) is 16.8 Å². The van der Waals surface area contributed by atoms with Crippen molar-refractivity contribution < 1.29 is 9.59 Å². The van der Waals surface area contributed by atoms with E-state index < -0.39 is 0 Å². The van der Waals surface area contributed by atoms with Gasteiger partial charge in [0.15, 0.2) is 0 Å². The molecule has 0 saturated carbocycles. The molecule has 0 unspecified atom stereocenters. The lowest BCUT2D eigenvalue weighted by molar-refractivity contribution is -0.117. The molecule has 2 amide bonds. The van der Waals surface area contributed by atoms with Crippen LogP contribution in [0.4, 0.5) is 11.4 Å². The Bertz CT molecular complexity index is 695. The van der Waals surface area contributed by atoms with Crippen LogP contribution < -0.4 is 10.2 Å². The Morgan fingerprint density at radius 3 is 2.46 bits per heavy atom. The number of carbonyl (C=O) groups excluding carboxylic acids is 2. The third-order valence-corrected chi connectivity index (χ3v) is 4.25. The van der Waals surface area contributed by atoms with Gasteiger partial charge in [-0.25, -0.2) is 0 Å². The van der Waals surface area contributed by atoms with Crippen LogP contribution in [-0.2, 0) is 16.0 Å². The molecular formula is C20H22N2O2. The molecule has 1 N–H and O–H groups in total. The predicted molar refractivity (Wildman–Crippen MR) is 96.0 cm³/mol. The van der Waals surface area contributed by atoms with Crippen molar-refractivity contribution in [3.8, 4) is 0 Å². The molecule has 0 aliphatic carbocycles. The molecule has 0 radical (unpaired) electrons. The molecule has 3 rings (SSSR count). The highest BCUT2D eigenvalue weighted by Crippen LogP contribution is 2.23. The summed E-state index contributed by atoms with van der Waals surface area (Å²) in [7, 11) is 0. The molecule has 0 aromatic heterocycles. The van der Waals surface area contributed by atoms with Gasteiger partial charge in [-0.05, 0) is 49.1 Å². The normalized spacial score (nSPS) is 14.0. The van der Waals surface area contributed by atoms with Gasteiger partial charge in [0.25, 0.3) is 0 Å². The zero-order valence-corrected chi connectivity index (χ0v) is 13.7. The molecule has 0 bridgehead atoms. The van der Waals surface area contributed by atoms with Gasteiger partial charge in [-0.3, -0.25) is 9.59 Å². The minimum absolute atomic E-state index is 0.0240. The van der Waals surface area contributed by atoms with Gasteiger partial charge < -0.3 is 10.2 Å². The third-order valence-electron chi connectivity index (χ3n) is 4.25. The van der Waals surface area contributed by atoms with Gasteiger partial charge in [0.1, 0.15) is 0 Å². The second-order valence-corrected chi connectivity index (χ2v) is 6.08. The largest absolute Gasteiger partial charge is 0.326 e. The maximum Gasteiger partial charge on any atom is 0.227 e. The molecule has 2 aromatic carbocycles. The Kier molecular flexibility index (Phi) is 5.26. The van der Waals surface area contributed by atoms with E-state index >= 15 is 0 Å². The van der Waals surface area contributed by atoms with Crippen molar-refractivity contribution in [1.29, 1.82) is 0 Å². The lowest BCUT2D eigenvalue weighted by Gasteiger charge is -2.16. The highest BCUT2D eigenvalue weighted by Gasteiger charge is 2.21. The van der Waals surface area contributed by atoms with Crippen LogP contribution in [0.5, 0.6) is 0 Å². The summed E-state index contributed by atoms with van der Waals surface area (Å²) in [5, 5.41) is 2.91. The zero-order valence-electron chi connectivity index (χ0n) is 13.7. The fraction of sp³-hybridized carbons (Fsp3) is 0.300. The first-order chi connectivity index (χ1) is 11.7. The summed E-state index contributed by atoms with van der Waals surface area (Å²) in [5.74, 6) is 0.198. The molecule has 4 heteroatoms. The lowest BCUT2D eigenvalue weighted by atomic mass is 10.1. The van der Waals surface area contributed by atoms with Crippen molar-refractivity contribution in [3.05, 3.63) is 60.2 Å². The van der Waals surface area contributed by atoms with E-state index in [0.29, 0.717) is 12.8 Å². The van der Waals surface area contributed by atoms with E-state index in [9.17, 15) is 9.59 Å². The van der Waals surface area contributed by atoms with Gasteiger partial charge in [0.05, 0.1) is 0 Å². The van der Waals surface area contributed by atoms with Gasteiger partial charge >= 0.3 is 0 Å². The highest BCUT2D eigenvalue weighted by atomic mass is 16.2. The number of nitrogens with one attached hydrogen (secondary N) is 1. The van der Waals surface area contributed by atoms with Crippen molar-refractivity contribution in [2.24, 2.45) is 0 Å². The molecule has 1 aliphatic rings. The van der Waals surface area contributed by atoms with E-state index in [0.717, 1.165) is 37.2 Å². The van der Waals surface area contributed by atoms with Crippen molar-refractivity contribution in [1.82, 2.24) is 0 Å². The smallest absolute Gasteiger partial charge is 0.227 e. The number of hydrogen-bond acceptors (Lipinski definition) is 2. The van der Waals surface area contributed by atoms with E-state index in [1.807, 2.05) is 42.5 Å². The first kappa shape index (κ1) is 16.2. The Morgan fingerprint density at radius 1 is 1.04 bits per heavy atom. The molecule has 0 atom stereocenters. The highest BCUT2D eigenvalue weighted by molar-refractivity contribution is 5.96. The van der Waals surface area contributed by atoms with Crippen LogP contribution in [0.25, 0.3) is 0 Å². The fourth-order valence-corrected chi connectivity index (χ4v) is 2.97. The number of rotatable bonds is 6. The van der Waals surface area contributed by atoms with E-state index in [4.69, 9.17) is 0 Å².